The molecule has 7 heteroatoms. The summed E-state index contributed by atoms with van der Waals surface area (Å²) < 4.78 is 6.67. The first-order valence-electron chi connectivity index (χ1n) is 7.58. The van der Waals surface area contributed by atoms with Crippen LogP contribution in [-0.4, -0.2) is 21.9 Å². The van der Waals surface area contributed by atoms with E-state index in [4.69, 9.17) is 33.2 Å². The highest BCUT2D eigenvalue weighted by Crippen LogP contribution is 2.26. The Labute approximate surface area is 156 Å². The Balaban J connectivity index is 2.24. The van der Waals surface area contributed by atoms with Crippen molar-refractivity contribution in [2.75, 3.05) is 0 Å². The molecule has 130 valence electrons. The topological polar surface area (TPSA) is 67.9 Å². The molecule has 0 unspecified atom stereocenters. The first kappa shape index (κ1) is 19.0. The Kier molecular flexibility index (Phi) is 6.24. The van der Waals surface area contributed by atoms with Crippen molar-refractivity contribution < 1.29 is 9.53 Å². The summed E-state index contributed by atoms with van der Waals surface area (Å²) in [4.78, 5) is 11.7. The third-order valence-electron chi connectivity index (χ3n) is 3.67. The number of hydrogen-bond acceptors (Lipinski definition) is 4. The molecule has 0 spiro atoms. The largest absolute Gasteiger partial charge is 0.444 e. The SMILES string of the molecule is Cc1nn(Cc2c(Cl)cccc2Cl)c(C)c1/C=C/C(=O)O[C@H](C)C#N. The second-order valence-corrected chi connectivity index (χ2v) is 6.30. The minimum atomic E-state index is -0.788. The van der Waals surface area contributed by atoms with Gasteiger partial charge in [0.2, 0.25) is 0 Å². The molecule has 0 saturated heterocycles. The lowest BCUT2D eigenvalue weighted by Gasteiger charge is -2.09. The highest BCUT2D eigenvalue weighted by Gasteiger charge is 2.13. The molecule has 2 rings (SSSR count). The van der Waals surface area contributed by atoms with Crippen LogP contribution in [0.25, 0.3) is 6.08 Å². The number of aryl methyl sites for hydroxylation is 1. The van der Waals surface area contributed by atoms with Crippen molar-refractivity contribution in [1.29, 1.82) is 5.26 Å². The molecule has 1 aromatic heterocycles. The Morgan fingerprint density at radius 3 is 2.64 bits per heavy atom. The van der Waals surface area contributed by atoms with E-state index in [1.165, 1.54) is 13.0 Å². The van der Waals surface area contributed by atoms with Crippen LogP contribution in [-0.2, 0) is 16.1 Å². The lowest BCUT2D eigenvalue weighted by Crippen LogP contribution is -2.10. The first-order valence-corrected chi connectivity index (χ1v) is 8.34. The van der Waals surface area contributed by atoms with E-state index in [0.29, 0.717) is 16.6 Å². The first-order chi connectivity index (χ1) is 11.8. The molecule has 2 aromatic rings. The number of carbonyl (C=O) groups is 1. The van der Waals surface area contributed by atoms with Crippen LogP contribution in [0.2, 0.25) is 10.0 Å². The number of aromatic nitrogens is 2. The molecule has 0 aliphatic heterocycles. The van der Waals surface area contributed by atoms with E-state index in [-0.39, 0.29) is 0 Å². The Morgan fingerprint density at radius 2 is 2.04 bits per heavy atom. The van der Waals surface area contributed by atoms with Crippen LogP contribution in [0.15, 0.2) is 24.3 Å². The van der Waals surface area contributed by atoms with Crippen molar-refractivity contribution in [3.05, 3.63) is 56.8 Å². The van der Waals surface area contributed by atoms with Crippen molar-refractivity contribution in [2.24, 2.45) is 0 Å². The van der Waals surface area contributed by atoms with Gasteiger partial charge in [-0.1, -0.05) is 29.3 Å². The van der Waals surface area contributed by atoms with Gasteiger partial charge in [0.25, 0.3) is 0 Å². The Hall–Kier alpha value is -2.29. The number of nitriles is 1. The van der Waals surface area contributed by atoms with Gasteiger partial charge < -0.3 is 4.74 Å². The van der Waals surface area contributed by atoms with Gasteiger partial charge in [-0.3, -0.25) is 4.68 Å². The van der Waals surface area contributed by atoms with Crippen molar-refractivity contribution in [1.82, 2.24) is 9.78 Å². The predicted molar refractivity (Wildman–Crippen MR) is 97.5 cm³/mol. The number of rotatable bonds is 5. The van der Waals surface area contributed by atoms with E-state index < -0.39 is 12.1 Å². The highest BCUT2D eigenvalue weighted by atomic mass is 35.5. The summed E-state index contributed by atoms with van der Waals surface area (Å²) in [7, 11) is 0. The average molecular weight is 378 g/mol. The van der Waals surface area contributed by atoms with Gasteiger partial charge in [-0.15, -0.1) is 0 Å². The molecule has 0 bridgehead atoms. The standard InChI is InChI=1S/C18H17Cl2N3O2/c1-11(9-21)25-18(24)8-7-14-12(2)22-23(13(14)3)10-15-16(19)5-4-6-17(15)20/h4-8,11H,10H2,1-3H3/b8-7+/t11-/m1/s1. The van der Waals surface area contributed by atoms with E-state index in [9.17, 15) is 4.79 Å². The summed E-state index contributed by atoms with van der Waals surface area (Å²) in [5.74, 6) is -0.574. The molecule has 1 atom stereocenters. The van der Waals surface area contributed by atoms with Crippen LogP contribution in [0.3, 0.4) is 0 Å². The maximum Gasteiger partial charge on any atom is 0.332 e. The van der Waals surface area contributed by atoms with Crippen molar-refractivity contribution >= 4 is 35.2 Å². The number of ether oxygens (including phenoxy) is 1. The fraction of sp³-hybridized carbons (Fsp3) is 0.278. The molecule has 25 heavy (non-hydrogen) atoms. The average Bonchev–Trinajstić information content (AvgIpc) is 2.82. The summed E-state index contributed by atoms with van der Waals surface area (Å²) >= 11 is 12.4. The van der Waals surface area contributed by atoms with Crippen LogP contribution in [0.5, 0.6) is 0 Å². The number of hydrogen-bond donors (Lipinski definition) is 0. The van der Waals surface area contributed by atoms with E-state index >= 15 is 0 Å². The van der Waals surface area contributed by atoms with Crippen LogP contribution in [0, 0.1) is 25.2 Å². The monoisotopic (exact) mass is 377 g/mol. The van der Waals surface area contributed by atoms with Gasteiger partial charge in [0, 0.05) is 32.9 Å². The van der Waals surface area contributed by atoms with Gasteiger partial charge in [0.05, 0.1) is 12.2 Å². The molecular formula is C18H17Cl2N3O2. The van der Waals surface area contributed by atoms with E-state index in [0.717, 1.165) is 22.5 Å². The summed E-state index contributed by atoms with van der Waals surface area (Å²) in [5.41, 5.74) is 3.22. The van der Waals surface area contributed by atoms with E-state index in [1.54, 1.807) is 29.0 Å². The number of halogens is 2. The highest BCUT2D eigenvalue weighted by molar-refractivity contribution is 6.35. The third-order valence-corrected chi connectivity index (χ3v) is 4.38. The molecule has 5 nitrogen and oxygen atoms in total. The van der Waals surface area contributed by atoms with Gasteiger partial charge in [-0.2, -0.15) is 10.4 Å². The van der Waals surface area contributed by atoms with Crippen LogP contribution in [0.1, 0.15) is 29.4 Å². The Bertz CT molecular complexity index is 846. The maximum atomic E-state index is 11.7. The molecule has 0 aliphatic rings. The smallest absolute Gasteiger partial charge is 0.332 e. The quantitative estimate of drug-likeness (QED) is 0.574. The zero-order valence-corrected chi connectivity index (χ0v) is 15.6. The zero-order chi connectivity index (χ0) is 18.6. The zero-order valence-electron chi connectivity index (χ0n) is 14.1. The number of carbonyl (C=O) groups excluding carboxylic acids is 1. The molecule has 0 N–H and O–H groups in total. The lowest BCUT2D eigenvalue weighted by atomic mass is 10.1. The molecule has 0 aliphatic carbocycles. The fourth-order valence-electron chi connectivity index (χ4n) is 2.33. The van der Waals surface area contributed by atoms with Crippen molar-refractivity contribution in [3.8, 4) is 6.07 Å². The second kappa shape index (κ2) is 8.19. The molecule has 1 heterocycles. The van der Waals surface area contributed by atoms with Gasteiger partial charge in [0.15, 0.2) is 6.10 Å². The summed E-state index contributed by atoms with van der Waals surface area (Å²) in [6.07, 6.45) is 2.14. The Morgan fingerprint density at radius 1 is 1.40 bits per heavy atom. The number of nitrogens with zero attached hydrogens (tertiary/aromatic N) is 3. The van der Waals surface area contributed by atoms with E-state index in [2.05, 4.69) is 5.10 Å². The summed E-state index contributed by atoms with van der Waals surface area (Å²) in [5, 5.41) is 14.3. The molecule has 0 fully saturated rings. The van der Waals surface area contributed by atoms with Gasteiger partial charge in [-0.05, 0) is 39.0 Å². The maximum absolute atomic E-state index is 11.7. The minimum absolute atomic E-state index is 0.426. The van der Waals surface area contributed by atoms with Gasteiger partial charge >= 0.3 is 5.97 Å². The molecule has 0 radical (unpaired) electrons. The third kappa shape index (κ3) is 4.62. The summed E-state index contributed by atoms with van der Waals surface area (Å²) in [6.45, 7) is 5.68. The van der Waals surface area contributed by atoms with Crippen molar-refractivity contribution in [2.45, 2.75) is 33.4 Å². The van der Waals surface area contributed by atoms with Gasteiger partial charge in [-0.25, -0.2) is 4.79 Å². The van der Waals surface area contributed by atoms with Crippen molar-refractivity contribution in [3.63, 3.8) is 0 Å². The second-order valence-electron chi connectivity index (χ2n) is 5.48. The summed E-state index contributed by atoms with van der Waals surface area (Å²) in [6, 6.07) is 7.19. The fourth-order valence-corrected chi connectivity index (χ4v) is 2.85. The molecular weight excluding hydrogens is 361 g/mol. The number of esters is 1. The van der Waals surface area contributed by atoms with E-state index in [1.807, 2.05) is 19.9 Å². The molecule has 0 amide bonds. The molecule has 0 saturated carbocycles. The lowest BCUT2D eigenvalue weighted by molar-refractivity contribution is -0.139. The van der Waals surface area contributed by atoms with Crippen LogP contribution >= 0.6 is 23.2 Å². The van der Waals surface area contributed by atoms with Crippen LogP contribution in [0.4, 0.5) is 0 Å². The van der Waals surface area contributed by atoms with Gasteiger partial charge in [0.1, 0.15) is 6.07 Å². The minimum Gasteiger partial charge on any atom is -0.444 e. The normalized spacial score (nSPS) is 12.2. The molecule has 1 aromatic carbocycles. The number of benzene rings is 1. The van der Waals surface area contributed by atoms with Crippen LogP contribution < -0.4 is 0 Å². The predicted octanol–water partition coefficient (Wildman–Crippen LogP) is 4.32.